The number of nitriles is 1. The lowest BCUT2D eigenvalue weighted by molar-refractivity contribution is 0.309. The third kappa shape index (κ3) is 4.71. The molecule has 3 heteroatoms. The molecule has 1 aromatic carbocycles. The van der Waals surface area contributed by atoms with Crippen LogP contribution in [0.3, 0.4) is 0 Å². The first kappa shape index (κ1) is 11.9. The summed E-state index contributed by atoms with van der Waals surface area (Å²) in [6, 6.07) is 9.73. The van der Waals surface area contributed by atoms with Crippen LogP contribution in [0.25, 0.3) is 0 Å². The third-order valence-electron chi connectivity index (χ3n) is 2.00. The summed E-state index contributed by atoms with van der Waals surface area (Å²) < 4.78 is 5.50. The Morgan fingerprint density at radius 1 is 1.20 bits per heavy atom. The first-order chi connectivity index (χ1) is 7.36. The van der Waals surface area contributed by atoms with E-state index in [4.69, 9.17) is 21.6 Å². The number of unbranched alkanes of at least 4 members (excludes halogenated alkanes) is 1. The van der Waals surface area contributed by atoms with Gasteiger partial charge in [0.2, 0.25) is 0 Å². The molecule has 0 aliphatic carbocycles. The van der Waals surface area contributed by atoms with Gasteiger partial charge in [-0.3, -0.25) is 0 Å². The molecule has 0 aliphatic rings. The van der Waals surface area contributed by atoms with Gasteiger partial charge in [-0.2, -0.15) is 5.26 Å². The highest BCUT2D eigenvalue weighted by Gasteiger charge is 1.95. The second-order valence-electron chi connectivity index (χ2n) is 3.22. The molecule has 0 unspecified atom stereocenters. The molecule has 1 aromatic rings. The van der Waals surface area contributed by atoms with Gasteiger partial charge in [-0.05, 0) is 30.5 Å². The van der Waals surface area contributed by atoms with Gasteiger partial charge in [0, 0.05) is 5.88 Å². The Kier molecular flexibility index (Phi) is 5.65. The van der Waals surface area contributed by atoms with Gasteiger partial charge in [0.25, 0.3) is 0 Å². The largest absolute Gasteiger partial charge is 0.494 e. The monoisotopic (exact) mass is 223 g/mol. The smallest absolute Gasteiger partial charge is 0.119 e. The molecule has 1 rings (SSSR count). The number of halogens is 1. The molecule has 0 saturated carbocycles. The van der Waals surface area contributed by atoms with E-state index < -0.39 is 0 Å². The molecule has 0 atom stereocenters. The molecule has 0 fully saturated rings. The fourth-order valence-electron chi connectivity index (χ4n) is 1.18. The minimum absolute atomic E-state index is 0.451. The molecule has 0 bridgehead atoms. The van der Waals surface area contributed by atoms with Gasteiger partial charge in [-0.25, -0.2) is 0 Å². The summed E-state index contributed by atoms with van der Waals surface area (Å²) in [4.78, 5) is 0. The van der Waals surface area contributed by atoms with E-state index in [2.05, 4.69) is 6.07 Å². The summed E-state index contributed by atoms with van der Waals surface area (Å²) >= 11 is 5.55. The number of ether oxygens (including phenoxy) is 1. The van der Waals surface area contributed by atoms with E-state index in [1.54, 1.807) is 0 Å². The highest BCUT2D eigenvalue weighted by Crippen LogP contribution is 2.12. The predicted molar refractivity (Wildman–Crippen MR) is 61.2 cm³/mol. The van der Waals surface area contributed by atoms with Crippen molar-refractivity contribution in [2.45, 2.75) is 19.3 Å². The molecule has 0 aliphatic heterocycles. The van der Waals surface area contributed by atoms with Crippen molar-refractivity contribution in [2.75, 3.05) is 12.5 Å². The van der Waals surface area contributed by atoms with Crippen molar-refractivity contribution in [1.29, 1.82) is 5.26 Å². The fraction of sp³-hybridized carbons (Fsp3) is 0.417. The summed E-state index contributed by atoms with van der Waals surface area (Å²) in [6.45, 7) is 0.699. The molecular formula is C12H14ClNO. The molecule has 0 amide bonds. The number of rotatable bonds is 6. The lowest BCUT2D eigenvalue weighted by atomic mass is 10.2. The first-order valence-electron chi connectivity index (χ1n) is 5.01. The Labute approximate surface area is 95.4 Å². The number of benzene rings is 1. The maximum Gasteiger partial charge on any atom is 0.119 e. The summed E-state index contributed by atoms with van der Waals surface area (Å²) in [6.07, 6.45) is 2.41. The van der Waals surface area contributed by atoms with Crippen LogP contribution < -0.4 is 4.74 Å². The second kappa shape index (κ2) is 7.14. The molecule has 0 radical (unpaired) electrons. The van der Waals surface area contributed by atoms with E-state index in [0.29, 0.717) is 18.9 Å². The van der Waals surface area contributed by atoms with Crippen LogP contribution >= 0.6 is 11.6 Å². The molecule has 0 aromatic heterocycles. The molecule has 80 valence electrons. The second-order valence-corrected chi connectivity index (χ2v) is 3.60. The molecule has 15 heavy (non-hydrogen) atoms. The van der Waals surface area contributed by atoms with Crippen molar-refractivity contribution in [2.24, 2.45) is 0 Å². The Balaban J connectivity index is 2.33. The van der Waals surface area contributed by atoms with Gasteiger partial charge in [0.05, 0.1) is 19.1 Å². The normalized spacial score (nSPS) is 9.60. The zero-order chi connectivity index (χ0) is 10.9. The van der Waals surface area contributed by atoms with Gasteiger partial charge in [0.15, 0.2) is 0 Å². The third-order valence-corrected chi connectivity index (χ3v) is 2.27. The Morgan fingerprint density at radius 2 is 1.93 bits per heavy atom. The molecule has 2 nitrogen and oxygen atoms in total. The van der Waals surface area contributed by atoms with E-state index in [9.17, 15) is 0 Å². The highest BCUT2D eigenvalue weighted by molar-refractivity contribution is 6.17. The molecule has 0 saturated heterocycles. The Bertz CT molecular complexity index is 315. The van der Waals surface area contributed by atoms with Gasteiger partial charge in [-0.15, -0.1) is 11.6 Å². The van der Waals surface area contributed by atoms with Gasteiger partial charge < -0.3 is 4.74 Å². The Morgan fingerprint density at radius 3 is 2.53 bits per heavy atom. The van der Waals surface area contributed by atoms with E-state index in [-0.39, 0.29) is 0 Å². The molecular weight excluding hydrogens is 210 g/mol. The number of hydrogen-bond acceptors (Lipinski definition) is 2. The van der Waals surface area contributed by atoms with Crippen molar-refractivity contribution in [3.8, 4) is 11.8 Å². The summed E-state index contributed by atoms with van der Waals surface area (Å²) in [5.74, 6) is 1.54. The predicted octanol–water partition coefficient (Wildman–Crippen LogP) is 3.15. The zero-order valence-electron chi connectivity index (χ0n) is 8.58. The zero-order valence-corrected chi connectivity index (χ0v) is 9.33. The molecule has 0 N–H and O–H groups in total. The lowest BCUT2D eigenvalue weighted by Crippen LogP contribution is -1.97. The maximum absolute atomic E-state index is 8.50. The number of hydrogen-bond donors (Lipinski definition) is 0. The summed E-state index contributed by atoms with van der Waals surface area (Å²) in [5, 5.41) is 8.50. The van der Waals surface area contributed by atoms with E-state index >= 15 is 0 Å². The Hall–Kier alpha value is -1.20. The van der Waals surface area contributed by atoms with Crippen LogP contribution in [0.1, 0.15) is 18.4 Å². The van der Waals surface area contributed by atoms with Crippen LogP contribution in [0, 0.1) is 11.3 Å². The van der Waals surface area contributed by atoms with Crippen LogP contribution in [-0.4, -0.2) is 12.5 Å². The molecule has 0 heterocycles. The van der Waals surface area contributed by atoms with Crippen LogP contribution in [0.4, 0.5) is 0 Å². The van der Waals surface area contributed by atoms with Gasteiger partial charge in [0.1, 0.15) is 5.75 Å². The fourth-order valence-corrected chi connectivity index (χ4v) is 1.37. The van der Waals surface area contributed by atoms with Crippen molar-refractivity contribution in [1.82, 2.24) is 0 Å². The van der Waals surface area contributed by atoms with Crippen LogP contribution in [-0.2, 0) is 6.42 Å². The number of alkyl halides is 1. The minimum atomic E-state index is 0.451. The standard InChI is InChI=1S/C12H14ClNO/c13-8-1-2-10-15-12-5-3-11(4-6-12)7-9-14/h3-6H,1-2,7-8,10H2. The SMILES string of the molecule is N#CCc1ccc(OCCCCCl)cc1. The lowest BCUT2D eigenvalue weighted by Gasteiger charge is -2.05. The summed E-state index contributed by atoms with van der Waals surface area (Å²) in [5.41, 5.74) is 1.02. The van der Waals surface area contributed by atoms with Crippen LogP contribution in [0.15, 0.2) is 24.3 Å². The summed E-state index contributed by atoms with van der Waals surface area (Å²) in [7, 11) is 0. The van der Waals surface area contributed by atoms with Crippen LogP contribution in [0.5, 0.6) is 5.75 Å². The van der Waals surface area contributed by atoms with E-state index in [0.717, 1.165) is 24.2 Å². The van der Waals surface area contributed by atoms with Crippen molar-refractivity contribution >= 4 is 11.6 Å². The van der Waals surface area contributed by atoms with E-state index in [1.807, 2.05) is 24.3 Å². The van der Waals surface area contributed by atoms with Gasteiger partial charge >= 0.3 is 0 Å². The minimum Gasteiger partial charge on any atom is -0.494 e. The van der Waals surface area contributed by atoms with Gasteiger partial charge in [-0.1, -0.05) is 12.1 Å². The van der Waals surface area contributed by atoms with Crippen LogP contribution in [0.2, 0.25) is 0 Å². The average molecular weight is 224 g/mol. The average Bonchev–Trinajstić information content (AvgIpc) is 2.27. The molecule has 0 spiro atoms. The van der Waals surface area contributed by atoms with Crippen molar-refractivity contribution in [3.63, 3.8) is 0 Å². The van der Waals surface area contributed by atoms with Crippen molar-refractivity contribution in [3.05, 3.63) is 29.8 Å². The number of nitrogens with zero attached hydrogens (tertiary/aromatic N) is 1. The first-order valence-corrected chi connectivity index (χ1v) is 5.55. The quantitative estimate of drug-likeness (QED) is 0.548. The highest BCUT2D eigenvalue weighted by atomic mass is 35.5. The van der Waals surface area contributed by atoms with E-state index in [1.165, 1.54) is 0 Å². The maximum atomic E-state index is 8.50. The van der Waals surface area contributed by atoms with Crippen molar-refractivity contribution < 1.29 is 4.74 Å². The topological polar surface area (TPSA) is 33.0 Å².